The fourth-order valence-corrected chi connectivity index (χ4v) is 1.74. The minimum Gasteiger partial charge on any atom is -0.406 e. The van der Waals surface area contributed by atoms with Crippen LogP contribution in [0.3, 0.4) is 0 Å². The Kier molecular flexibility index (Phi) is 4.11. The van der Waals surface area contributed by atoms with Crippen LogP contribution in [-0.4, -0.2) is 6.36 Å². The van der Waals surface area contributed by atoms with E-state index in [2.05, 4.69) is 4.74 Å². The van der Waals surface area contributed by atoms with Gasteiger partial charge in [-0.3, -0.25) is 0 Å². The van der Waals surface area contributed by atoms with E-state index < -0.39 is 29.9 Å². The number of benzene rings is 2. The van der Waals surface area contributed by atoms with Crippen LogP contribution >= 0.6 is 0 Å². The summed E-state index contributed by atoms with van der Waals surface area (Å²) >= 11 is 0. The summed E-state index contributed by atoms with van der Waals surface area (Å²) in [5.41, 5.74) is -0.125. The zero-order valence-electron chi connectivity index (χ0n) is 10.3. The average Bonchev–Trinajstić information content (AvgIpc) is 2.38. The van der Waals surface area contributed by atoms with Gasteiger partial charge in [-0.05, 0) is 35.4 Å². The summed E-state index contributed by atoms with van der Waals surface area (Å²) in [5, 5.41) is 0. The summed E-state index contributed by atoms with van der Waals surface area (Å²) in [6.45, 7) is 0. The van der Waals surface area contributed by atoms with Crippen LogP contribution in [0.25, 0.3) is 11.1 Å². The molecule has 0 spiro atoms. The van der Waals surface area contributed by atoms with Gasteiger partial charge in [-0.2, -0.15) is 0 Å². The number of halogens is 6. The molecule has 112 valence electrons. The molecule has 0 N–H and O–H groups in total. The topological polar surface area (TPSA) is 9.23 Å². The quantitative estimate of drug-likeness (QED) is 0.696. The molecular formula is C14H8F6O. The first-order valence-electron chi connectivity index (χ1n) is 5.70. The lowest BCUT2D eigenvalue weighted by molar-refractivity contribution is -0.274. The molecule has 0 aliphatic carbocycles. The van der Waals surface area contributed by atoms with E-state index >= 15 is 0 Å². The van der Waals surface area contributed by atoms with Gasteiger partial charge in [-0.15, -0.1) is 13.2 Å². The van der Waals surface area contributed by atoms with E-state index in [0.29, 0.717) is 5.56 Å². The number of hydrogen-bond donors (Lipinski definition) is 0. The molecule has 1 nitrogen and oxygen atoms in total. The summed E-state index contributed by atoms with van der Waals surface area (Å²) < 4.78 is 78.0. The zero-order chi connectivity index (χ0) is 15.6. The Morgan fingerprint density at radius 2 is 1.43 bits per heavy atom. The standard InChI is InChI=1S/C14H8F6O/c15-12-6-3-9(7-11(12)13(16)17)8-1-4-10(5-2-8)21-14(18,19)20/h1-7,13H. The summed E-state index contributed by atoms with van der Waals surface area (Å²) in [5.74, 6) is -1.46. The highest BCUT2D eigenvalue weighted by molar-refractivity contribution is 5.65. The smallest absolute Gasteiger partial charge is 0.406 e. The Labute approximate surface area is 115 Å². The van der Waals surface area contributed by atoms with Crippen molar-refractivity contribution in [2.24, 2.45) is 0 Å². The van der Waals surface area contributed by atoms with Crippen molar-refractivity contribution in [1.29, 1.82) is 0 Å². The number of alkyl halides is 5. The van der Waals surface area contributed by atoms with Gasteiger partial charge in [0, 0.05) is 0 Å². The lowest BCUT2D eigenvalue weighted by Crippen LogP contribution is -2.16. The first-order valence-corrected chi connectivity index (χ1v) is 5.70. The maximum atomic E-state index is 13.2. The van der Waals surface area contributed by atoms with Crippen molar-refractivity contribution in [2.45, 2.75) is 12.8 Å². The highest BCUT2D eigenvalue weighted by Gasteiger charge is 2.30. The minimum absolute atomic E-state index is 0.269. The fraction of sp³-hybridized carbons (Fsp3) is 0.143. The van der Waals surface area contributed by atoms with Crippen molar-refractivity contribution in [3.63, 3.8) is 0 Å². The van der Waals surface area contributed by atoms with Gasteiger partial charge in [0.2, 0.25) is 0 Å². The molecular weight excluding hydrogens is 298 g/mol. The van der Waals surface area contributed by atoms with Crippen LogP contribution in [0.4, 0.5) is 26.3 Å². The predicted molar refractivity (Wildman–Crippen MR) is 63.5 cm³/mol. The molecule has 7 heteroatoms. The van der Waals surface area contributed by atoms with Gasteiger partial charge in [0.25, 0.3) is 6.43 Å². The normalized spacial score (nSPS) is 11.8. The molecule has 0 saturated heterocycles. The van der Waals surface area contributed by atoms with Gasteiger partial charge in [0.1, 0.15) is 11.6 Å². The Balaban J connectivity index is 2.29. The predicted octanol–water partition coefficient (Wildman–Crippen LogP) is 5.33. The van der Waals surface area contributed by atoms with E-state index in [1.807, 2.05) is 0 Å². The molecule has 0 amide bonds. The van der Waals surface area contributed by atoms with Crippen molar-refractivity contribution in [2.75, 3.05) is 0 Å². The van der Waals surface area contributed by atoms with Crippen LogP contribution in [0.1, 0.15) is 12.0 Å². The third-order valence-corrected chi connectivity index (χ3v) is 2.65. The van der Waals surface area contributed by atoms with Crippen molar-refractivity contribution >= 4 is 0 Å². The largest absolute Gasteiger partial charge is 0.573 e. The minimum atomic E-state index is -4.81. The second kappa shape index (κ2) is 5.67. The summed E-state index contributed by atoms with van der Waals surface area (Å²) in [7, 11) is 0. The maximum Gasteiger partial charge on any atom is 0.573 e. The Morgan fingerprint density at radius 1 is 0.857 bits per heavy atom. The van der Waals surface area contributed by atoms with Gasteiger partial charge in [0.15, 0.2) is 0 Å². The van der Waals surface area contributed by atoms with E-state index in [4.69, 9.17) is 0 Å². The molecule has 2 aromatic carbocycles. The molecule has 0 heterocycles. The number of rotatable bonds is 3. The Hall–Kier alpha value is -2.18. The molecule has 2 rings (SSSR count). The highest BCUT2D eigenvalue weighted by atomic mass is 19.4. The Bertz CT molecular complexity index is 618. The van der Waals surface area contributed by atoms with Crippen molar-refractivity contribution in [1.82, 2.24) is 0 Å². The van der Waals surface area contributed by atoms with E-state index in [9.17, 15) is 26.3 Å². The number of ether oxygens (including phenoxy) is 1. The van der Waals surface area contributed by atoms with Crippen LogP contribution in [0.2, 0.25) is 0 Å². The van der Waals surface area contributed by atoms with Crippen LogP contribution in [0.5, 0.6) is 5.75 Å². The molecule has 0 fully saturated rings. The average molecular weight is 306 g/mol. The third kappa shape index (κ3) is 3.90. The molecule has 2 aromatic rings. The van der Waals surface area contributed by atoms with Gasteiger partial charge < -0.3 is 4.74 Å². The van der Waals surface area contributed by atoms with Crippen molar-refractivity contribution in [3.05, 3.63) is 53.8 Å². The molecule has 0 aromatic heterocycles. The SMILES string of the molecule is Fc1ccc(-c2ccc(OC(F)(F)F)cc2)cc1C(F)F. The van der Waals surface area contributed by atoms with Crippen LogP contribution < -0.4 is 4.74 Å². The summed E-state index contributed by atoms with van der Waals surface area (Å²) in [4.78, 5) is 0. The fourth-order valence-electron chi connectivity index (χ4n) is 1.74. The summed E-state index contributed by atoms with van der Waals surface area (Å²) in [6.07, 6.45) is -7.78. The summed E-state index contributed by atoms with van der Waals surface area (Å²) in [6, 6.07) is 7.74. The molecule has 21 heavy (non-hydrogen) atoms. The lowest BCUT2D eigenvalue weighted by atomic mass is 10.0. The zero-order valence-corrected chi connectivity index (χ0v) is 10.3. The Morgan fingerprint density at radius 3 is 1.95 bits per heavy atom. The molecule has 0 saturated carbocycles. The molecule has 0 atom stereocenters. The van der Waals surface area contributed by atoms with Gasteiger partial charge in [-0.1, -0.05) is 18.2 Å². The first-order chi connectivity index (χ1) is 9.76. The highest BCUT2D eigenvalue weighted by Crippen LogP contribution is 2.30. The molecule has 0 aliphatic rings. The third-order valence-electron chi connectivity index (χ3n) is 2.65. The molecule has 0 aliphatic heterocycles. The van der Waals surface area contributed by atoms with Crippen LogP contribution in [-0.2, 0) is 0 Å². The second-order valence-corrected chi connectivity index (χ2v) is 4.11. The number of hydrogen-bond acceptors (Lipinski definition) is 1. The van der Waals surface area contributed by atoms with Gasteiger partial charge >= 0.3 is 6.36 Å². The first kappa shape index (κ1) is 15.2. The van der Waals surface area contributed by atoms with E-state index in [1.165, 1.54) is 18.2 Å². The second-order valence-electron chi connectivity index (χ2n) is 4.11. The van der Waals surface area contributed by atoms with Crippen molar-refractivity contribution in [3.8, 4) is 16.9 Å². The monoisotopic (exact) mass is 306 g/mol. The molecule has 0 bridgehead atoms. The lowest BCUT2D eigenvalue weighted by Gasteiger charge is -2.10. The van der Waals surface area contributed by atoms with Crippen LogP contribution in [0, 0.1) is 5.82 Å². The van der Waals surface area contributed by atoms with Crippen LogP contribution in [0.15, 0.2) is 42.5 Å². The van der Waals surface area contributed by atoms with Gasteiger partial charge in [0.05, 0.1) is 5.56 Å². The van der Waals surface area contributed by atoms with E-state index in [0.717, 1.165) is 24.3 Å². The van der Waals surface area contributed by atoms with E-state index in [1.54, 1.807) is 0 Å². The maximum absolute atomic E-state index is 13.2. The molecule has 0 unspecified atom stereocenters. The van der Waals surface area contributed by atoms with E-state index in [-0.39, 0.29) is 5.56 Å². The van der Waals surface area contributed by atoms with Crippen molar-refractivity contribution < 1.29 is 31.1 Å². The van der Waals surface area contributed by atoms with Gasteiger partial charge in [-0.25, -0.2) is 13.2 Å². The molecule has 0 radical (unpaired) electrons.